The van der Waals surface area contributed by atoms with E-state index in [0.29, 0.717) is 43.3 Å². The van der Waals surface area contributed by atoms with Crippen LogP contribution in [0.3, 0.4) is 0 Å². The van der Waals surface area contributed by atoms with Crippen molar-refractivity contribution in [3.05, 3.63) is 69.8 Å². The number of benzene rings is 2. The van der Waals surface area contributed by atoms with Crippen molar-refractivity contribution in [2.45, 2.75) is 64.8 Å². The Morgan fingerprint density at radius 2 is 1.98 bits per heavy atom. The molecule has 11 heteroatoms. The fourth-order valence-corrected chi connectivity index (χ4v) is 5.64. The zero-order valence-corrected chi connectivity index (χ0v) is 24.8. The van der Waals surface area contributed by atoms with Crippen LogP contribution in [-0.4, -0.2) is 70.2 Å². The lowest BCUT2D eigenvalue weighted by molar-refractivity contribution is 0.0893. The number of aromatic amines is 1. The fourth-order valence-electron chi connectivity index (χ4n) is 5.64. The Hall–Kier alpha value is -3.96. The van der Waals surface area contributed by atoms with Gasteiger partial charge >= 0.3 is 0 Å². The van der Waals surface area contributed by atoms with Crippen molar-refractivity contribution >= 4 is 10.9 Å². The highest BCUT2D eigenvalue weighted by Crippen LogP contribution is 2.30. The van der Waals surface area contributed by atoms with Crippen molar-refractivity contribution < 1.29 is 18.9 Å². The zero-order chi connectivity index (χ0) is 29.5. The van der Waals surface area contributed by atoms with Crippen LogP contribution in [0, 0.1) is 0 Å². The van der Waals surface area contributed by atoms with E-state index in [1.165, 1.54) is 0 Å². The summed E-state index contributed by atoms with van der Waals surface area (Å²) >= 11 is 0. The van der Waals surface area contributed by atoms with Crippen LogP contribution in [0.4, 0.5) is 0 Å². The number of aromatic nitrogens is 5. The van der Waals surface area contributed by atoms with Gasteiger partial charge in [0.05, 0.1) is 39.5 Å². The lowest BCUT2D eigenvalue weighted by Gasteiger charge is -2.30. The third kappa shape index (κ3) is 6.74. The Morgan fingerprint density at radius 3 is 2.71 bits per heavy atom. The molecule has 1 N–H and O–H groups in total. The van der Waals surface area contributed by atoms with Gasteiger partial charge in [0.15, 0.2) is 17.3 Å². The van der Waals surface area contributed by atoms with Gasteiger partial charge in [-0.1, -0.05) is 13.0 Å². The lowest BCUT2D eigenvalue weighted by atomic mass is 10.1. The minimum atomic E-state index is -0.119. The fraction of sp³-hybridized carbons (Fsp3) is 0.484. The van der Waals surface area contributed by atoms with Crippen LogP contribution in [0.1, 0.15) is 56.1 Å². The number of fused-ring (bicyclic) bond motifs is 1. The number of methoxy groups -OCH3 is 2. The summed E-state index contributed by atoms with van der Waals surface area (Å²) in [6.07, 6.45) is 3.64. The second-order valence-electron chi connectivity index (χ2n) is 10.5. The highest BCUT2D eigenvalue weighted by atomic mass is 16.5. The maximum Gasteiger partial charge on any atom is 0.252 e. The number of H-pyrrole nitrogens is 1. The van der Waals surface area contributed by atoms with E-state index in [2.05, 4.69) is 32.3 Å². The van der Waals surface area contributed by atoms with E-state index in [1.54, 1.807) is 14.2 Å². The molecule has 0 unspecified atom stereocenters. The summed E-state index contributed by atoms with van der Waals surface area (Å²) in [6.45, 7) is 7.12. The molecule has 4 aromatic rings. The number of ether oxygens (including phenoxy) is 4. The Bertz CT molecular complexity index is 1530. The van der Waals surface area contributed by atoms with Gasteiger partial charge in [0, 0.05) is 36.2 Å². The first-order valence-corrected chi connectivity index (χ1v) is 14.6. The maximum absolute atomic E-state index is 13.3. The van der Waals surface area contributed by atoms with Gasteiger partial charge in [-0.3, -0.25) is 9.69 Å². The van der Waals surface area contributed by atoms with Crippen LogP contribution in [0.25, 0.3) is 10.9 Å². The third-order valence-corrected chi connectivity index (χ3v) is 7.80. The molecule has 2 atom stereocenters. The maximum atomic E-state index is 13.3. The van der Waals surface area contributed by atoms with Crippen molar-refractivity contribution in [2.24, 2.45) is 0 Å². The average molecular weight is 577 g/mol. The molecule has 0 radical (unpaired) electrons. The predicted octanol–water partition coefficient (Wildman–Crippen LogP) is 4.31. The molecule has 1 saturated heterocycles. The molecule has 0 spiro atoms. The molecule has 11 nitrogen and oxygen atoms in total. The van der Waals surface area contributed by atoms with Gasteiger partial charge in [-0.2, -0.15) is 0 Å². The smallest absolute Gasteiger partial charge is 0.252 e. The molecule has 0 amide bonds. The van der Waals surface area contributed by atoms with Crippen molar-refractivity contribution in [1.29, 1.82) is 0 Å². The van der Waals surface area contributed by atoms with Gasteiger partial charge in [0.2, 0.25) is 0 Å². The van der Waals surface area contributed by atoms with Crippen LogP contribution >= 0.6 is 0 Å². The molecule has 42 heavy (non-hydrogen) atoms. The topological polar surface area (TPSA) is 117 Å². The Labute approximate surface area is 245 Å². The molecule has 0 saturated carbocycles. The molecule has 3 heterocycles. The molecule has 224 valence electrons. The Kier molecular flexibility index (Phi) is 9.70. The van der Waals surface area contributed by atoms with Crippen LogP contribution in [0.2, 0.25) is 0 Å². The predicted molar refractivity (Wildman–Crippen MR) is 159 cm³/mol. The van der Waals surface area contributed by atoms with Crippen molar-refractivity contribution in [3.8, 4) is 17.2 Å². The molecule has 0 aliphatic carbocycles. The van der Waals surface area contributed by atoms with Crippen molar-refractivity contribution in [2.75, 3.05) is 34.0 Å². The van der Waals surface area contributed by atoms with E-state index in [9.17, 15) is 4.79 Å². The summed E-state index contributed by atoms with van der Waals surface area (Å²) in [5.74, 6) is 2.92. The minimum absolute atomic E-state index is 0.104. The Balaban J connectivity index is 1.47. The van der Waals surface area contributed by atoms with Gasteiger partial charge < -0.3 is 23.9 Å². The van der Waals surface area contributed by atoms with Crippen molar-refractivity contribution in [3.63, 3.8) is 0 Å². The molecule has 5 rings (SSSR count). The summed E-state index contributed by atoms with van der Waals surface area (Å²) < 4.78 is 24.4. The standard InChI is InChI=1S/C31H40N6O5/c1-5-27(30-33-34-35-37(30)20-25-8-7-15-42-25)36(14-13-21-9-12-28(39-3)29(16-21)40-4)19-23-17-22-18-24(41-6-2)10-11-26(22)32-31(23)38/h9-12,16-18,25,27H,5-8,13-15,19-20H2,1-4H3,(H,32,38)/t25-,27+/m0/s1. The lowest BCUT2D eigenvalue weighted by Crippen LogP contribution is -2.34. The molecule has 2 aromatic carbocycles. The number of tetrazole rings is 1. The largest absolute Gasteiger partial charge is 0.494 e. The first-order valence-electron chi connectivity index (χ1n) is 14.6. The molecule has 1 aliphatic rings. The molecule has 1 fully saturated rings. The summed E-state index contributed by atoms with van der Waals surface area (Å²) in [7, 11) is 3.27. The monoisotopic (exact) mass is 576 g/mol. The number of nitrogens with zero attached hydrogens (tertiary/aromatic N) is 5. The van der Waals surface area contributed by atoms with Gasteiger partial charge in [0.25, 0.3) is 5.56 Å². The molecule has 1 aliphatic heterocycles. The molecular weight excluding hydrogens is 536 g/mol. The second-order valence-corrected chi connectivity index (χ2v) is 10.5. The van der Waals surface area contributed by atoms with Crippen LogP contribution in [0.15, 0.2) is 47.3 Å². The van der Waals surface area contributed by atoms with Crippen LogP contribution in [0.5, 0.6) is 17.2 Å². The third-order valence-electron chi connectivity index (χ3n) is 7.80. The van der Waals surface area contributed by atoms with E-state index in [0.717, 1.165) is 60.3 Å². The first kappa shape index (κ1) is 29.5. The van der Waals surface area contributed by atoms with E-state index in [1.807, 2.05) is 54.1 Å². The second kappa shape index (κ2) is 13.8. The van der Waals surface area contributed by atoms with Gasteiger partial charge in [-0.15, -0.1) is 5.10 Å². The van der Waals surface area contributed by atoms with Gasteiger partial charge in [-0.05, 0) is 85.0 Å². The summed E-state index contributed by atoms with van der Waals surface area (Å²) in [5, 5.41) is 13.7. The summed E-state index contributed by atoms with van der Waals surface area (Å²) in [6, 6.07) is 13.5. The highest BCUT2D eigenvalue weighted by Gasteiger charge is 2.28. The number of hydrogen-bond acceptors (Lipinski definition) is 9. The SMILES string of the molecule is CCOc1ccc2[nH]c(=O)c(CN(CCc3ccc(OC)c(OC)c3)[C@H](CC)c3nnnn3C[C@@H]3CCCO3)cc2c1. The number of rotatable bonds is 14. The number of hydrogen-bond donors (Lipinski definition) is 1. The van der Waals surface area contributed by atoms with E-state index >= 15 is 0 Å². The number of nitrogens with one attached hydrogen (secondary N) is 1. The van der Waals surface area contributed by atoms with Gasteiger partial charge in [0.1, 0.15) is 5.75 Å². The summed E-state index contributed by atoms with van der Waals surface area (Å²) in [4.78, 5) is 18.6. The van der Waals surface area contributed by atoms with Gasteiger partial charge in [-0.25, -0.2) is 4.68 Å². The summed E-state index contributed by atoms with van der Waals surface area (Å²) in [5.41, 5.74) is 2.42. The van der Waals surface area contributed by atoms with Crippen LogP contribution in [-0.2, 0) is 24.2 Å². The zero-order valence-electron chi connectivity index (χ0n) is 24.8. The molecule has 0 bridgehead atoms. The first-order chi connectivity index (χ1) is 20.5. The quantitative estimate of drug-likeness (QED) is 0.234. The normalized spacial score (nSPS) is 15.8. The van der Waals surface area contributed by atoms with E-state index in [4.69, 9.17) is 18.9 Å². The highest BCUT2D eigenvalue weighted by molar-refractivity contribution is 5.80. The number of pyridine rings is 1. The molecule has 2 aromatic heterocycles. The molecular formula is C31H40N6O5. The van der Waals surface area contributed by atoms with Crippen LogP contribution < -0.4 is 19.8 Å². The van der Waals surface area contributed by atoms with Crippen molar-refractivity contribution in [1.82, 2.24) is 30.1 Å². The average Bonchev–Trinajstić information content (AvgIpc) is 3.69. The Morgan fingerprint density at radius 1 is 1.12 bits per heavy atom. The minimum Gasteiger partial charge on any atom is -0.494 e. The van der Waals surface area contributed by atoms with E-state index < -0.39 is 0 Å². The van der Waals surface area contributed by atoms with E-state index in [-0.39, 0.29) is 17.7 Å².